The largest absolute Gasteiger partial charge is 0.302 e. The summed E-state index contributed by atoms with van der Waals surface area (Å²) in [5.74, 6) is 1.04. The summed E-state index contributed by atoms with van der Waals surface area (Å²) < 4.78 is 3.10. The topological polar surface area (TPSA) is 43.6 Å². The van der Waals surface area contributed by atoms with Gasteiger partial charge in [0.1, 0.15) is 5.82 Å². The molecule has 1 aliphatic rings. The number of hydrogen-bond donors (Lipinski definition) is 0. The predicted molar refractivity (Wildman–Crippen MR) is 58.9 cm³/mol. The molecule has 1 aliphatic heterocycles. The fourth-order valence-electron chi connectivity index (χ4n) is 1.71. The second-order valence-corrected chi connectivity index (χ2v) is 4.26. The molecular formula is C9H7IN4. The van der Waals surface area contributed by atoms with Crippen LogP contribution in [0.5, 0.6) is 0 Å². The highest BCUT2D eigenvalue weighted by Crippen LogP contribution is 2.21. The van der Waals surface area contributed by atoms with Crippen LogP contribution in [0.25, 0.3) is 0 Å². The zero-order chi connectivity index (χ0) is 9.54. The maximum Gasteiger partial charge on any atom is 0.194 e. The molecule has 0 atom stereocenters. The van der Waals surface area contributed by atoms with Crippen molar-refractivity contribution in [3.05, 3.63) is 39.2 Å². The van der Waals surface area contributed by atoms with E-state index >= 15 is 0 Å². The first-order chi connectivity index (χ1) is 6.84. The van der Waals surface area contributed by atoms with E-state index in [9.17, 15) is 0 Å². The molecule has 3 rings (SSSR count). The van der Waals surface area contributed by atoms with E-state index in [0.717, 1.165) is 22.6 Å². The van der Waals surface area contributed by atoms with Crippen molar-refractivity contribution >= 4 is 22.6 Å². The van der Waals surface area contributed by atoms with Gasteiger partial charge in [-0.05, 0) is 17.2 Å². The smallest absolute Gasteiger partial charge is 0.194 e. The maximum absolute atomic E-state index is 4.13. The van der Waals surface area contributed by atoms with Crippen LogP contribution in [0.3, 0.4) is 0 Å². The molecule has 70 valence electrons. The third kappa shape index (κ3) is 1.15. The Labute approximate surface area is 94.5 Å². The average molecular weight is 298 g/mol. The Hall–Kier alpha value is -0.980. The van der Waals surface area contributed by atoms with Crippen LogP contribution in [0.15, 0.2) is 18.5 Å². The Morgan fingerprint density at radius 1 is 1.29 bits per heavy atom. The molecule has 0 amide bonds. The summed E-state index contributed by atoms with van der Waals surface area (Å²) in [5, 5.41) is 8.19. The van der Waals surface area contributed by atoms with Gasteiger partial charge in [0.15, 0.2) is 3.83 Å². The highest BCUT2D eigenvalue weighted by molar-refractivity contribution is 14.1. The van der Waals surface area contributed by atoms with E-state index in [0.29, 0.717) is 0 Å². The van der Waals surface area contributed by atoms with Crippen molar-refractivity contribution in [1.29, 1.82) is 0 Å². The van der Waals surface area contributed by atoms with E-state index in [4.69, 9.17) is 0 Å². The molecule has 2 aromatic heterocycles. The molecule has 0 bridgehead atoms. The summed E-state index contributed by atoms with van der Waals surface area (Å²) in [6, 6.07) is 2.06. The molecule has 4 nitrogen and oxygen atoms in total. The van der Waals surface area contributed by atoms with Gasteiger partial charge in [-0.25, -0.2) is 0 Å². The van der Waals surface area contributed by atoms with Gasteiger partial charge in [0.25, 0.3) is 0 Å². The Kier molecular flexibility index (Phi) is 1.79. The van der Waals surface area contributed by atoms with E-state index in [1.54, 1.807) is 0 Å². The number of hydrogen-bond acceptors (Lipinski definition) is 3. The van der Waals surface area contributed by atoms with Crippen molar-refractivity contribution in [3.8, 4) is 0 Å². The van der Waals surface area contributed by atoms with Crippen molar-refractivity contribution in [2.24, 2.45) is 0 Å². The standard InChI is InChI=1S/C9H7IN4/c10-9-13-12-8-3-7-4-11-2-1-6(7)5-14(8)9/h1-2,4H,3,5H2. The summed E-state index contributed by atoms with van der Waals surface area (Å²) in [5.41, 5.74) is 2.59. The summed E-state index contributed by atoms with van der Waals surface area (Å²) in [7, 11) is 0. The summed E-state index contributed by atoms with van der Waals surface area (Å²) >= 11 is 2.21. The van der Waals surface area contributed by atoms with Crippen LogP contribution in [0.2, 0.25) is 0 Å². The van der Waals surface area contributed by atoms with Crippen LogP contribution in [-0.2, 0) is 13.0 Å². The van der Waals surface area contributed by atoms with Crippen LogP contribution in [0.4, 0.5) is 0 Å². The summed E-state index contributed by atoms with van der Waals surface area (Å²) in [6.45, 7) is 0.873. The summed E-state index contributed by atoms with van der Waals surface area (Å²) in [6.07, 6.45) is 4.60. The van der Waals surface area contributed by atoms with Crippen LogP contribution in [0.1, 0.15) is 17.0 Å². The van der Waals surface area contributed by atoms with Crippen LogP contribution in [0, 0.1) is 3.83 Å². The molecular weight excluding hydrogens is 291 g/mol. The van der Waals surface area contributed by atoms with Crippen molar-refractivity contribution in [1.82, 2.24) is 19.7 Å². The molecule has 3 heterocycles. The van der Waals surface area contributed by atoms with Gasteiger partial charge in [-0.15, -0.1) is 10.2 Å². The highest BCUT2D eigenvalue weighted by Gasteiger charge is 2.18. The molecule has 0 N–H and O–H groups in total. The second-order valence-electron chi connectivity index (χ2n) is 3.29. The molecule has 0 radical (unpaired) electrons. The fourth-order valence-corrected chi connectivity index (χ4v) is 2.27. The molecule has 0 aliphatic carbocycles. The zero-order valence-electron chi connectivity index (χ0n) is 7.31. The predicted octanol–water partition coefficient (Wildman–Crippen LogP) is 1.23. The van der Waals surface area contributed by atoms with E-state index in [1.165, 1.54) is 11.1 Å². The van der Waals surface area contributed by atoms with Crippen LogP contribution in [-0.4, -0.2) is 19.7 Å². The molecule has 0 unspecified atom stereocenters. The third-order valence-corrected chi connectivity index (χ3v) is 3.26. The normalized spacial score (nSPS) is 13.5. The number of nitrogens with zero attached hydrogens (tertiary/aromatic N) is 4. The fraction of sp³-hybridized carbons (Fsp3) is 0.222. The van der Waals surface area contributed by atoms with Gasteiger partial charge in [-0.1, -0.05) is 0 Å². The quantitative estimate of drug-likeness (QED) is 0.586. The molecule has 0 aromatic carbocycles. The number of fused-ring (bicyclic) bond motifs is 2. The van der Waals surface area contributed by atoms with Crippen molar-refractivity contribution < 1.29 is 0 Å². The monoisotopic (exact) mass is 298 g/mol. The van der Waals surface area contributed by atoms with E-state index < -0.39 is 0 Å². The minimum atomic E-state index is 0.846. The van der Waals surface area contributed by atoms with Gasteiger partial charge in [0.2, 0.25) is 0 Å². The first-order valence-electron chi connectivity index (χ1n) is 4.34. The Balaban J connectivity index is 2.14. The van der Waals surface area contributed by atoms with Crippen LogP contribution < -0.4 is 0 Å². The lowest BCUT2D eigenvalue weighted by Gasteiger charge is -2.16. The molecule has 2 aromatic rings. The number of pyridine rings is 1. The first-order valence-corrected chi connectivity index (χ1v) is 5.42. The molecule has 0 fully saturated rings. The lowest BCUT2D eigenvalue weighted by Crippen LogP contribution is -2.15. The molecule has 5 heteroatoms. The lowest BCUT2D eigenvalue weighted by molar-refractivity contribution is 0.684. The minimum absolute atomic E-state index is 0.846. The first kappa shape index (κ1) is 8.34. The van der Waals surface area contributed by atoms with E-state index in [1.807, 2.05) is 12.4 Å². The van der Waals surface area contributed by atoms with Gasteiger partial charge >= 0.3 is 0 Å². The van der Waals surface area contributed by atoms with Gasteiger partial charge < -0.3 is 4.57 Å². The lowest BCUT2D eigenvalue weighted by atomic mass is 10.0. The molecule has 0 saturated carbocycles. The van der Waals surface area contributed by atoms with Gasteiger partial charge in [-0.2, -0.15) is 0 Å². The Bertz CT molecular complexity index is 491. The molecule has 14 heavy (non-hydrogen) atoms. The zero-order valence-corrected chi connectivity index (χ0v) is 9.47. The number of rotatable bonds is 0. The van der Waals surface area contributed by atoms with Crippen molar-refractivity contribution in [3.63, 3.8) is 0 Å². The second kappa shape index (κ2) is 3.01. The van der Waals surface area contributed by atoms with Crippen molar-refractivity contribution in [2.75, 3.05) is 0 Å². The number of halogens is 1. The minimum Gasteiger partial charge on any atom is -0.302 e. The Morgan fingerprint density at radius 2 is 2.21 bits per heavy atom. The average Bonchev–Trinajstić information content (AvgIpc) is 2.57. The van der Waals surface area contributed by atoms with Gasteiger partial charge in [0.05, 0.1) is 6.54 Å². The van der Waals surface area contributed by atoms with E-state index in [2.05, 4.69) is 48.4 Å². The molecule has 0 spiro atoms. The van der Waals surface area contributed by atoms with E-state index in [-0.39, 0.29) is 0 Å². The third-order valence-electron chi connectivity index (χ3n) is 2.46. The Morgan fingerprint density at radius 3 is 3.14 bits per heavy atom. The molecule has 0 saturated heterocycles. The highest BCUT2D eigenvalue weighted by atomic mass is 127. The number of aromatic nitrogens is 4. The van der Waals surface area contributed by atoms with Crippen LogP contribution >= 0.6 is 22.6 Å². The van der Waals surface area contributed by atoms with Crippen molar-refractivity contribution in [2.45, 2.75) is 13.0 Å². The SMILES string of the molecule is Ic1nnc2n1Cc1ccncc1C2. The van der Waals surface area contributed by atoms with Gasteiger partial charge in [0, 0.05) is 41.4 Å². The maximum atomic E-state index is 4.13. The summed E-state index contributed by atoms with van der Waals surface area (Å²) in [4.78, 5) is 4.12. The van der Waals surface area contributed by atoms with Gasteiger partial charge in [-0.3, -0.25) is 4.98 Å².